The summed E-state index contributed by atoms with van der Waals surface area (Å²) in [5.41, 5.74) is -1.85. The second-order valence-electron chi connectivity index (χ2n) is 6.26. The molecule has 1 aliphatic rings. The molecule has 1 atom stereocenters. The summed E-state index contributed by atoms with van der Waals surface area (Å²) < 4.78 is 19.0. The minimum Gasteiger partial charge on any atom is -0.481 e. The number of rotatable bonds is 3. The van der Waals surface area contributed by atoms with Crippen molar-refractivity contribution in [3.05, 3.63) is 12.4 Å². The molecule has 0 aromatic rings. The summed E-state index contributed by atoms with van der Waals surface area (Å²) in [6, 6.07) is 0. The molecule has 1 unspecified atom stereocenters. The Bertz CT molecular complexity index is 416. The van der Waals surface area contributed by atoms with E-state index in [-0.39, 0.29) is 13.0 Å². The molecule has 1 fully saturated rings. The molecule has 0 aromatic carbocycles. The van der Waals surface area contributed by atoms with Gasteiger partial charge in [0.1, 0.15) is 11.4 Å². The van der Waals surface area contributed by atoms with Crippen molar-refractivity contribution in [3.63, 3.8) is 0 Å². The number of halogens is 1. The van der Waals surface area contributed by atoms with E-state index in [0.29, 0.717) is 19.4 Å². The number of carbonyl (C=O) groups excluding carboxylic acids is 1. The van der Waals surface area contributed by atoms with Crippen molar-refractivity contribution in [2.24, 2.45) is 5.41 Å². The number of amides is 1. The van der Waals surface area contributed by atoms with Crippen molar-refractivity contribution in [2.45, 2.75) is 45.6 Å². The summed E-state index contributed by atoms with van der Waals surface area (Å²) in [7, 11) is 0. The molecular formula is C14H22FNO4. The van der Waals surface area contributed by atoms with Gasteiger partial charge in [0.25, 0.3) is 0 Å². The van der Waals surface area contributed by atoms with Crippen LogP contribution in [-0.4, -0.2) is 40.8 Å². The average molecular weight is 287 g/mol. The smallest absolute Gasteiger partial charge is 0.410 e. The van der Waals surface area contributed by atoms with Crippen LogP contribution in [0.3, 0.4) is 0 Å². The Morgan fingerprint density at radius 1 is 1.45 bits per heavy atom. The van der Waals surface area contributed by atoms with Gasteiger partial charge in [-0.1, -0.05) is 6.58 Å². The lowest BCUT2D eigenvalue weighted by atomic mass is 9.76. The Morgan fingerprint density at radius 2 is 2.05 bits per heavy atom. The summed E-state index contributed by atoms with van der Waals surface area (Å²) in [5, 5.41) is 8.95. The standard InChI is InChI=1S/C14H22FNO4/c1-10(15)14(8-11(17)18)6-5-7-16(9-14)12(19)20-13(2,3)4/h1,5-9H2,2-4H3,(H,17,18). The van der Waals surface area contributed by atoms with Crippen LogP contribution in [-0.2, 0) is 9.53 Å². The van der Waals surface area contributed by atoms with Crippen LogP contribution < -0.4 is 0 Å². The summed E-state index contributed by atoms with van der Waals surface area (Å²) in [5.74, 6) is -1.79. The Labute approximate surface area is 118 Å². The van der Waals surface area contributed by atoms with Gasteiger partial charge >= 0.3 is 12.1 Å². The van der Waals surface area contributed by atoms with Gasteiger partial charge in [0.15, 0.2) is 0 Å². The van der Waals surface area contributed by atoms with Gasteiger partial charge in [-0.2, -0.15) is 0 Å². The SMILES string of the molecule is C=C(F)C1(CC(=O)O)CCCN(C(=O)OC(C)(C)C)C1. The fourth-order valence-corrected chi connectivity index (χ4v) is 2.37. The highest BCUT2D eigenvalue weighted by Gasteiger charge is 2.42. The lowest BCUT2D eigenvalue weighted by molar-refractivity contribution is -0.140. The van der Waals surface area contributed by atoms with Crippen molar-refractivity contribution in [1.29, 1.82) is 0 Å². The zero-order chi connectivity index (χ0) is 15.6. The number of likely N-dealkylation sites (tertiary alicyclic amines) is 1. The number of carboxylic acids is 1. The van der Waals surface area contributed by atoms with Crippen molar-refractivity contribution in [3.8, 4) is 0 Å². The number of ether oxygens (including phenoxy) is 1. The lowest BCUT2D eigenvalue weighted by Gasteiger charge is -2.41. The third kappa shape index (κ3) is 4.21. The van der Waals surface area contributed by atoms with Crippen molar-refractivity contribution < 1.29 is 23.8 Å². The minimum atomic E-state index is -1.21. The van der Waals surface area contributed by atoms with E-state index in [1.54, 1.807) is 20.8 Å². The van der Waals surface area contributed by atoms with Crippen LogP contribution in [0.5, 0.6) is 0 Å². The van der Waals surface area contributed by atoms with E-state index in [0.717, 1.165) is 0 Å². The molecule has 0 spiro atoms. The Hall–Kier alpha value is -1.59. The first-order valence-corrected chi connectivity index (χ1v) is 6.60. The number of aliphatic carboxylic acids is 1. The van der Waals surface area contributed by atoms with Crippen LogP contribution in [0, 0.1) is 5.41 Å². The predicted molar refractivity (Wildman–Crippen MR) is 72.0 cm³/mol. The molecule has 1 aliphatic heterocycles. The Kier molecular flexibility index (Phi) is 4.78. The highest BCUT2D eigenvalue weighted by atomic mass is 19.1. The molecule has 0 bridgehead atoms. The summed E-state index contributed by atoms with van der Waals surface area (Å²) in [4.78, 5) is 24.3. The Morgan fingerprint density at radius 3 is 2.50 bits per heavy atom. The second-order valence-corrected chi connectivity index (χ2v) is 6.26. The zero-order valence-electron chi connectivity index (χ0n) is 12.2. The molecule has 6 heteroatoms. The number of hydrogen-bond acceptors (Lipinski definition) is 3. The molecule has 0 aromatic heterocycles. The van der Waals surface area contributed by atoms with E-state index in [1.807, 2.05) is 0 Å². The number of piperidine rings is 1. The first-order chi connectivity index (χ1) is 9.06. The van der Waals surface area contributed by atoms with Crippen molar-refractivity contribution in [1.82, 2.24) is 4.90 Å². The van der Waals surface area contributed by atoms with Crippen molar-refractivity contribution in [2.75, 3.05) is 13.1 Å². The maximum atomic E-state index is 13.7. The highest BCUT2D eigenvalue weighted by molar-refractivity contribution is 5.70. The number of nitrogens with zero attached hydrogens (tertiary/aromatic N) is 1. The molecule has 114 valence electrons. The topological polar surface area (TPSA) is 66.8 Å². The van der Waals surface area contributed by atoms with Crippen LogP contribution in [0.25, 0.3) is 0 Å². The van der Waals surface area contributed by atoms with Gasteiger partial charge in [-0.25, -0.2) is 9.18 Å². The Balaban J connectivity index is 2.85. The molecule has 5 nitrogen and oxygen atoms in total. The second kappa shape index (κ2) is 5.81. The van der Waals surface area contributed by atoms with Crippen LogP contribution in [0.1, 0.15) is 40.0 Å². The molecule has 0 radical (unpaired) electrons. The number of carbonyl (C=O) groups is 2. The highest BCUT2D eigenvalue weighted by Crippen LogP contribution is 2.40. The third-order valence-corrected chi connectivity index (χ3v) is 3.29. The largest absolute Gasteiger partial charge is 0.481 e. The zero-order valence-corrected chi connectivity index (χ0v) is 12.2. The van der Waals surface area contributed by atoms with Gasteiger partial charge in [-0.3, -0.25) is 4.79 Å². The van der Waals surface area contributed by atoms with Crippen LogP contribution in [0.15, 0.2) is 12.4 Å². The van der Waals surface area contributed by atoms with Crippen molar-refractivity contribution >= 4 is 12.1 Å². The van der Waals surface area contributed by atoms with E-state index in [9.17, 15) is 14.0 Å². The van der Waals surface area contributed by atoms with Gasteiger partial charge in [-0.05, 0) is 33.6 Å². The summed E-state index contributed by atoms with van der Waals surface area (Å²) in [6.45, 7) is 8.92. The molecule has 1 saturated heterocycles. The molecule has 1 N–H and O–H groups in total. The van der Waals surface area contributed by atoms with Gasteiger partial charge in [-0.15, -0.1) is 0 Å². The molecule has 0 aliphatic carbocycles. The first kappa shape index (κ1) is 16.5. The van der Waals surface area contributed by atoms with Gasteiger partial charge in [0, 0.05) is 18.5 Å². The lowest BCUT2D eigenvalue weighted by Crippen LogP contribution is -2.48. The van der Waals surface area contributed by atoms with E-state index in [2.05, 4.69) is 6.58 Å². The fourth-order valence-electron chi connectivity index (χ4n) is 2.37. The quantitative estimate of drug-likeness (QED) is 0.866. The van der Waals surface area contributed by atoms with Gasteiger partial charge < -0.3 is 14.7 Å². The third-order valence-electron chi connectivity index (χ3n) is 3.29. The number of carboxylic acid groups (broad SMARTS) is 1. The average Bonchev–Trinajstić information content (AvgIpc) is 2.25. The monoisotopic (exact) mass is 287 g/mol. The first-order valence-electron chi connectivity index (χ1n) is 6.60. The van der Waals surface area contributed by atoms with Crippen LogP contribution in [0.4, 0.5) is 9.18 Å². The van der Waals surface area contributed by atoms with Crippen LogP contribution >= 0.6 is 0 Å². The van der Waals surface area contributed by atoms with E-state index in [4.69, 9.17) is 9.84 Å². The molecular weight excluding hydrogens is 265 g/mol. The normalized spacial score (nSPS) is 23.3. The van der Waals surface area contributed by atoms with Gasteiger partial charge in [0.2, 0.25) is 0 Å². The van der Waals surface area contributed by atoms with E-state index in [1.165, 1.54) is 4.90 Å². The maximum Gasteiger partial charge on any atom is 0.410 e. The number of hydrogen-bond donors (Lipinski definition) is 1. The summed E-state index contributed by atoms with van der Waals surface area (Å²) in [6.07, 6.45) is -0.0291. The molecule has 0 saturated carbocycles. The minimum absolute atomic E-state index is 0.0104. The maximum absolute atomic E-state index is 13.7. The predicted octanol–water partition coefficient (Wildman–Crippen LogP) is 2.96. The van der Waals surface area contributed by atoms with E-state index < -0.39 is 28.9 Å². The molecule has 1 amide bonds. The van der Waals surface area contributed by atoms with Crippen LogP contribution in [0.2, 0.25) is 0 Å². The van der Waals surface area contributed by atoms with Gasteiger partial charge in [0.05, 0.1) is 6.42 Å². The molecule has 20 heavy (non-hydrogen) atoms. The molecule has 1 rings (SSSR count). The summed E-state index contributed by atoms with van der Waals surface area (Å²) >= 11 is 0. The van der Waals surface area contributed by atoms with E-state index >= 15 is 0 Å². The fraction of sp³-hybridized carbons (Fsp3) is 0.714. The molecule has 1 heterocycles.